The molecule has 0 aromatic heterocycles. The first kappa shape index (κ1) is 19.0. The van der Waals surface area contributed by atoms with E-state index in [1.807, 2.05) is 0 Å². The molecule has 1 aliphatic heterocycles. The predicted octanol–water partition coefficient (Wildman–Crippen LogP) is 2.37. The number of benzene rings is 2. The molecule has 1 saturated heterocycles. The van der Waals surface area contributed by atoms with Crippen molar-refractivity contribution in [2.24, 2.45) is 0 Å². The molecule has 0 aliphatic carbocycles. The van der Waals surface area contributed by atoms with E-state index in [0.29, 0.717) is 29.8 Å². The minimum atomic E-state index is -3.30. The van der Waals surface area contributed by atoms with Gasteiger partial charge in [0.1, 0.15) is 5.82 Å². The van der Waals surface area contributed by atoms with E-state index >= 15 is 0 Å². The third-order valence-electron chi connectivity index (χ3n) is 4.34. The van der Waals surface area contributed by atoms with E-state index in [2.05, 4.69) is 5.32 Å². The van der Waals surface area contributed by atoms with E-state index in [4.69, 9.17) is 0 Å². The number of halogens is 1. The van der Waals surface area contributed by atoms with Crippen molar-refractivity contribution in [1.29, 1.82) is 0 Å². The summed E-state index contributed by atoms with van der Waals surface area (Å²) in [5, 5.41) is 2.51. The monoisotopic (exact) mass is 390 g/mol. The van der Waals surface area contributed by atoms with Crippen molar-refractivity contribution in [3.8, 4) is 0 Å². The number of anilines is 1. The molecule has 2 aromatic carbocycles. The molecule has 0 bridgehead atoms. The molecule has 0 saturated carbocycles. The van der Waals surface area contributed by atoms with Crippen LogP contribution in [0, 0.1) is 5.82 Å². The zero-order valence-corrected chi connectivity index (χ0v) is 15.3. The van der Waals surface area contributed by atoms with Gasteiger partial charge in [-0.2, -0.15) is 0 Å². The Morgan fingerprint density at radius 2 is 1.59 bits per heavy atom. The molecule has 8 heteroatoms. The van der Waals surface area contributed by atoms with Gasteiger partial charge in [-0.3, -0.25) is 13.9 Å². The SMILES string of the molecule is O=C(CNC(=O)c1ccc(N2CCCCS2(=O)=O)cc1)c1ccc(F)cc1. The van der Waals surface area contributed by atoms with E-state index in [-0.39, 0.29) is 18.1 Å². The first-order valence-corrected chi connectivity index (χ1v) is 10.2. The minimum absolute atomic E-state index is 0.126. The van der Waals surface area contributed by atoms with Gasteiger partial charge in [0.15, 0.2) is 5.78 Å². The largest absolute Gasteiger partial charge is 0.345 e. The van der Waals surface area contributed by atoms with Gasteiger partial charge in [0.2, 0.25) is 10.0 Å². The fraction of sp³-hybridized carbons (Fsp3) is 0.263. The van der Waals surface area contributed by atoms with Crippen molar-refractivity contribution >= 4 is 27.4 Å². The van der Waals surface area contributed by atoms with Crippen LogP contribution in [0.3, 0.4) is 0 Å². The lowest BCUT2D eigenvalue weighted by Gasteiger charge is -2.28. The lowest BCUT2D eigenvalue weighted by atomic mass is 10.1. The molecule has 1 heterocycles. The number of ketones is 1. The molecular weight excluding hydrogens is 371 g/mol. The fourth-order valence-electron chi connectivity index (χ4n) is 2.86. The first-order valence-electron chi connectivity index (χ1n) is 8.54. The van der Waals surface area contributed by atoms with Gasteiger partial charge in [0, 0.05) is 17.7 Å². The van der Waals surface area contributed by atoms with Crippen LogP contribution in [0.15, 0.2) is 48.5 Å². The van der Waals surface area contributed by atoms with Crippen LogP contribution in [0.4, 0.5) is 10.1 Å². The normalized spacial score (nSPS) is 16.0. The number of sulfonamides is 1. The van der Waals surface area contributed by atoms with E-state index < -0.39 is 21.7 Å². The minimum Gasteiger partial charge on any atom is -0.345 e. The van der Waals surface area contributed by atoms with Crippen LogP contribution in [0.5, 0.6) is 0 Å². The molecule has 142 valence electrons. The molecule has 1 fully saturated rings. The van der Waals surface area contributed by atoms with Gasteiger partial charge in [-0.25, -0.2) is 12.8 Å². The van der Waals surface area contributed by atoms with Gasteiger partial charge in [0.05, 0.1) is 18.0 Å². The van der Waals surface area contributed by atoms with E-state index in [9.17, 15) is 22.4 Å². The Hall–Kier alpha value is -2.74. The van der Waals surface area contributed by atoms with Crippen LogP contribution >= 0.6 is 0 Å². The maximum Gasteiger partial charge on any atom is 0.251 e. The number of nitrogens with one attached hydrogen (secondary N) is 1. The summed E-state index contributed by atoms with van der Waals surface area (Å²) in [5.74, 6) is -1.09. The molecule has 0 spiro atoms. The highest BCUT2D eigenvalue weighted by Gasteiger charge is 2.26. The predicted molar refractivity (Wildman–Crippen MR) is 99.9 cm³/mol. The number of hydrogen-bond acceptors (Lipinski definition) is 4. The van der Waals surface area contributed by atoms with Crippen LogP contribution in [0.1, 0.15) is 33.6 Å². The van der Waals surface area contributed by atoms with E-state index in [1.165, 1.54) is 40.7 Å². The van der Waals surface area contributed by atoms with Crippen LogP contribution in [-0.4, -0.2) is 39.0 Å². The average molecular weight is 390 g/mol. The second-order valence-electron chi connectivity index (χ2n) is 6.25. The number of carbonyl (C=O) groups excluding carboxylic acids is 2. The number of Topliss-reactive ketones (excluding diaryl/α,β-unsaturated/α-hetero) is 1. The second-order valence-corrected chi connectivity index (χ2v) is 8.27. The molecule has 1 aliphatic rings. The molecule has 3 rings (SSSR count). The fourth-order valence-corrected chi connectivity index (χ4v) is 4.50. The summed E-state index contributed by atoms with van der Waals surface area (Å²) in [6, 6.07) is 11.3. The van der Waals surface area contributed by atoms with Gasteiger partial charge in [0.25, 0.3) is 5.91 Å². The Balaban J connectivity index is 1.62. The number of amides is 1. The standard InChI is InChI=1S/C19H19FN2O4S/c20-16-7-3-14(4-8-16)18(23)13-21-19(24)15-5-9-17(10-6-15)22-11-1-2-12-27(22,25)26/h3-10H,1-2,11-13H2,(H,21,24). The lowest BCUT2D eigenvalue weighted by Crippen LogP contribution is -2.37. The maximum atomic E-state index is 12.9. The number of rotatable bonds is 5. The molecule has 27 heavy (non-hydrogen) atoms. The Kier molecular flexibility index (Phi) is 5.55. The maximum absolute atomic E-state index is 12.9. The second kappa shape index (κ2) is 7.87. The van der Waals surface area contributed by atoms with Crippen molar-refractivity contribution in [3.63, 3.8) is 0 Å². The molecule has 1 amide bonds. The van der Waals surface area contributed by atoms with Gasteiger partial charge in [-0.15, -0.1) is 0 Å². The number of nitrogens with zero attached hydrogens (tertiary/aromatic N) is 1. The van der Waals surface area contributed by atoms with Crippen molar-refractivity contribution in [2.75, 3.05) is 23.1 Å². The van der Waals surface area contributed by atoms with E-state index in [0.717, 1.165) is 6.42 Å². The molecule has 2 aromatic rings. The van der Waals surface area contributed by atoms with Crippen LogP contribution in [0.2, 0.25) is 0 Å². The first-order chi connectivity index (χ1) is 12.9. The number of hydrogen-bond donors (Lipinski definition) is 1. The van der Waals surface area contributed by atoms with Gasteiger partial charge >= 0.3 is 0 Å². The third-order valence-corrected chi connectivity index (χ3v) is 6.21. The zero-order valence-electron chi connectivity index (χ0n) is 14.5. The smallest absolute Gasteiger partial charge is 0.251 e. The van der Waals surface area contributed by atoms with Crippen molar-refractivity contribution < 1.29 is 22.4 Å². The quantitative estimate of drug-likeness (QED) is 0.795. The summed E-state index contributed by atoms with van der Waals surface area (Å²) < 4.78 is 38.5. The Labute approximate surface area is 157 Å². The summed E-state index contributed by atoms with van der Waals surface area (Å²) >= 11 is 0. The highest BCUT2D eigenvalue weighted by Crippen LogP contribution is 2.23. The number of carbonyl (C=O) groups is 2. The Morgan fingerprint density at radius 3 is 2.22 bits per heavy atom. The molecule has 6 nitrogen and oxygen atoms in total. The van der Waals surface area contributed by atoms with Crippen molar-refractivity contribution in [3.05, 3.63) is 65.5 Å². The topological polar surface area (TPSA) is 83.6 Å². The molecule has 0 unspecified atom stereocenters. The van der Waals surface area contributed by atoms with Gasteiger partial charge in [-0.05, 0) is 61.4 Å². The van der Waals surface area contributed by atoms with Crippen LogP contribution < -0.4 is 9.62 Å². The molecular formula is C19H19FN2O4S. The Bertz CT molecular complexity index is 941. The zero-order chi connectivity index (χ0) is 19.4. The van der Waals surface area contributed by atoms with E-state index in [1.54, 1.807) is 12.1 Å². The summed E-state index contributed by atoms with van der Waals surface area (Å²) in [7, 11) is -3.30. The molecule has 1 N–H and O–H groups in total. The third kappa shape index (κ3) is 4.51. The van der Waals surface area contributed by atoms with Gasteiger partial charge < -0.3 is 5.32 Å². The van der Waals surface area contributed by atoms with Crippen molar-refractivity contribution in [1.82, 2.24) is 5.32 Å². The highest BCUT2D eigenvalue weighted by molar-refractivity contribution is 7.92. The van der Waals surface area contributed by atoms with Crippen LogP contribution in [0.25, 0.3) is 0 Å². The van der Waals surface area contributed by atoms with Gasteiger partial charge in [-0.1, -0.05) is 0 Å². The molecule has 0 radical (unpaired) electrons. The average Bonchev–Trinajstić information content (AvgIpc) is 2.66. The highest BCUT2D eigenvalue weighted by atomic mass is 32.2. The summed E-state index contributed by atoms with van der Waals surface area (Å²) in [5.41, 5.74) is 1.15. The van der Waals surface area contributed by atoms with Crippen molar-refractivity contribution in [2.45, 2.75) is 12.8 Å². The summed E-state index contributed by atoms with van der Waals surface area (Å²) in [6.07, 6.45) is 1.45. The lowest BCUT2D eigenvalue weighted by molar-refractivity contribution is 0.0904. The summed E-state index contributed by atoms with van der Waals surface area (Å²) in [4.78, 5) is 24.2. The Morgan fingerprint density at radius 1 is 0.963 bits per heavy atom. The van der Waals surface area contributed by atoms with Crippen LogP contribution in [-0.2, 0) is 10.0 Å². The summed E-state index contributed by atoms with van der Waals surface area (Å²) in [6.45, 7) is 0.215. The molecule has 0 atom stereocenters.